The van der Waals surface area contributed by atoms with Gasteiger partial charge in [-0.05, 0) is 24.6 Å². The minimum Gasteiger partial charge on any atom is -0.258 e. The van der Waals surface area contributed by atoms with Crippen LogP contribution in [0.4, 0.5) is 5.69 Å². The number of nitro groups is 1. The lowest BCUT2D eigenvalue weighted by molar-refractivity contribution is -0.384. The van der Waals surface area contributed by atoms with Crippen molar-refractivity contribution in [1.29, 1.82) is 0 Å². The third kappa shape index (κ3) is 3.17. The van der Waals surface area contributed by atoms with Gasteiger partial charge in [0.1, 0.15) is 0 Å². The molecule has 0 bridgehead atoms. The molecule has 24 heavy (non-hydrogen) atoms. The van der Waals surface area contributed by atoms with E-state index in [1.165, 1.54) is 28.2 Å². The molecule has 3 rings (SSSR count). The van der Waals surface area contributed by atoms with Crippen LogP contribution in [0.2, 0.25) is 0 Å². The van der Waals surface area contributed by atoms with Crippen LogP contribution in [0.15, 0.2) is 53.4 Å². The molecule has 1 saturated heterocycles. The first-order chi connectivity index (χ1) is 11.4. The van der Waals surface area contributed by atoms with Gasteiger partial charge in [0.05, 0.1) is 15.2 Å². The van der Waals surface area contributed by atoms with Gasteiger partial charge in [-0.2, -0.15) is 4.31 Å². The number of benzene rings is 2. The van der Waals surface area contributed by atoms with Crippen molar-refractivity contribution in [2.75, 3.05) is 12.3 Å². The SMILES string of the molecule is Cc1ccc(S(=O)(=O)N2CCSC2c2cccc([N+](=O)[O-])c2)cc1. The molecule has 8 heteroatoms. The number of nitro benzene ring substituents is 1. The maximum atomic E-state index is 12.9. The fourth-order valence-electron chi connectivity index (χ4n) is 2.60. The molecule has 0 aromatic heterocycles. The summed E-state index contributed by atoms with van der Waals surface area (Å²) in [5.41, 5.74) is 1.58. The third-order valence-corrected chi connectivity index (χ3v) is 7.12. The highest BCUT2D eigenvalue weighted by Crippen LogP contribution is 2.42. The molecule has 0 spiro atoms. The molecule has 6 nitrogen and oxygen atoms in total. The number of aryl methyl sites for hydroxylation is 1. The second kappa shape index (κ2) is 6.54. The number of non-ortho nitro benzene ring substituents is 1. The van der Waals surface area contributed by atoms with Crippen molar-refractivity contribution < 1.29 is 13.3 Å². The second-order valence-electron chi connectivity index (χ2n) is 5.50. The zero-order valence-electron chi connectivity index (χ0n) is 13.0. The van der Waals surface area contributed by atoms with Gasteiger partial charge in [0, 0.05) is 24.4 Å². The lowest BCUT2D eigenvalue weighted by Gasteiger charge is -2.23. The van der Waals surface area contributed by atoms with Crippen LogP contribution < -0.4 is 0 Å². The lowest BCUT2D eigenvalue weighted by Crippen LogP contribution is -2.30. The quantitative estimate of drug-likeness (QED) is 0.614. The van der Waals surface area contributed by atoms with Gasteiger partial charge in [-0.25, -0.2) is 8.42 Å². The Morgan fingerprint density at radius 2 is 1.92 bits per heavy atom. The minimum absolute atomic E-state index is 0.0346. The van der Waals surface area contributed by atoms with Crippen LogP contribution in [0.3, 0.4) is 0 Å². The monoisotopic (exact) mass is 364 g/mol. The topological polar surface area (TPSA) is 80.5 Å². The van der Waals surface area contributed by atoms with Crippen LogP contribution in [0.25, 0.3) is 0 Å². The molecule has 126 valence electrons. The molecular formula is C16H16N2O4S2. The molecule has 1 aliphatic heterocycles. The Balaban J connectivity index is 1.97. The predicted molar refractivity (Wildman–Crippen MR) is 93.4 cm³/mol. The third-order valence-electron chi connectivity index (χ3n) is 3.84. The minimum atomic E-state index is -3.64. The van der Waals surface area contributed by atoms with Gasteiger partial charge < -0.3 is 0 Å². The van der Waals surface area contributed by atoms with Crippen molar-refractivity contribution in [2.24, 2.45) is 0 Å². The molecule has 2 aromatic rings. The fourth-order valence-corrected chi connectivity index (χ4v) is 5.83. The molecule has 0 saturated carbocycles. The number of hydrogen-bond donors (Lipinski definition) is 0. The van der Waals surface area contributed by atoms with E-state index in [1.54, 1.807) is 36.4 Å². The maximum absolute atomic E-state index is 12.9. The molecule has 0 aliphatic carbocycles. The van der Waals surface area contributed by atoms with Crippen molar-refractivity contribution in [3.63, 3.8) is 0 Å². The van der Waals surface area contributed by atoms with Crippen molar-refractivity contribution >= 4 is 27.5 Å². The van der Waals surface area contributed by atoms with Crippen LogP contribution in [-0.4, -0.2) is 29.9 Å². The highest BCUT2D eigenvalue weighted by molar-refractivity contribution is 8.01. The molecule has 0 N–H and O–H groups in total. The Kier molecular flexibility index (Phi) is 4.62. The standard InChI is InChI=1S/C16H16N2O4S2/c1-12-5-7-15(8-6-12)24(21,22)17-9-10-23-16(17)13-3-2-4-14(11-13)18(19)20/h2-8,11,16H,9-10H2,1H3. The summed E-state index contributed by atoms with van der Waals surface area (Å²) in [6.45, 7) is 2.28. The van der Waals surface area contributed by atoms with Gasteiger partial charge in [-0.1, -0.05) is 29.8 Å². The van der Waals surface area contributed by atoms with Crippen molar-refractivity contribution in [3.05, 3.63) is 69.8 Å². The number of rotatable bonds is 4. The molecule has 0 radical (unpaired) electrons. The number of thioether (sulfide) groups is 1. The molecule has 1 heterocycles. The summed E-state index contributed by atoms with van der Waals surface area (Å²) in [6, 6.07) is 12.9. The predicted octanol–water partition coefficient (Wildman–Crippen LogP) is 3.34. The van der Waals surface area contributed by atoms with E-state index in [0.717, 1.165) is 5.56 Å². The van der Waals surface area contributed by atoms with E-state index in [-0.39, 0.29) is 10.6 Å². The number of nitrogens with zero attached hydrogens (tertiary/aromatic N) is 2. The number of sulfonamides is 1. The van der Waals surface area contributed by atoms with E-state index in [2.05, 4.69) is 0 Å². The Hall–Kier alpha value is -1.90. The summed E-state index contributed by atoms with van der Waals surface area (Å²) in [6.07, 6.45) is 0. The summed E-state index contributed by atoms with van der Waals surface area (Å²) < 4.78 is 27.3. The summed E-state index contributed by atoms with van der Waals surface area (Å²) in [5, 5.41) is 10.5. The molecule has 2 aromatic carbocycles. The Labute approximate surface area is 144 Å². The van der Waals surface area contributed by atoms with Crippen molar-refractivity contribution in [1.82, 2.24) is 4.31 Å². The molecule has 1 aliphatic rings. The Morgan fingerprint density at radius 1 is 1.21 bits per heavy atom. The van der Waals surface area contributed by atoms with E-state index in [0.29, 0.717) is 17.9 Å². The van der Waals surface area contributed by atoms with Gasteiger partial charge in [0.2, 0.25) is 10.0 Å². The number of hydrogen-bond acceptors (Lipinski definition) is 5. The van der Waals surface area contributed by atoms with E-state index in [1.807, 2.05) is 6.92 Å². The summed E-state index contributed by atoms with van der Waals surface area (Å²) in [5.74, 6) is 0.651. The Bertz CT molecular complexity index is 866. The first-order valence-electron chi connectivity index (χ1n) is 7.34. The summed E-state index contributed by atoms with van der Waals surface area (Å²) >= 11 is 1.47. The smallest absolute Gasteiger partial charge is 0.258 e. The molecule has 1 atom stereocenters. The molecular weight excluding hydrogens is 348 g/mol. The largest absolute Gasteiger partial charge is 0.269 e. The highest BCUT2D eigenvalue weighted by atomic mass is 32.2. The zero-order chi connectivity index (χ0) is 17.3. The van der Waals surface area contributed by atoms with Gasteiger partial charge in [-0.15, -0.1) is 11.8 Å². The van der Waals surface area contributed by atoms with E-state index in [4.69, 9.17) is 0 Å². The normalized spacial score (nSPS) is 18.6. The Morgan fingerprint density at radius 3 is 2.58 bits per heavy atom. The van der Waals surface area contributed by atoms with Gasteiger partial charge in [-0.3, -0.25) is 10.1 Å². The van der Waals surface area contributed by atoms with Crippen molar-refractivity contribution in [2.45, 2.75) is 17.2 Å². The summed E-state index contributed by atoms with van der Waals surface area (Å²) in [7, 11) is -3.64. The molecule has 1 fully saturated rings. The van der Waals surface area contributed by atoms with Crippen LogP contribution in [0.1, 0.15) is 16.5 Å². The first-order valence-corrected chi connectivity index (χ1v) is 9.83. The van der Waals surface area contributed by atoms with E-state index < -0.39 is 20.3 Å². The molecule has 1 unspecified atom stereocenters. The summed E-state index contributed by atoms with van der Waals surface area (Å²) in [4.78, 5) is 10.7. The lowest BCUT2D eigenvalue weighted by atomic mass is 10.2. The van der Waals surface area contributed by atoms with E-state index in [9.17, 15) is 18.5 Å². The zero-order valence-corrected chi connectivity index (χ0v) is 14.6. The van der Waals surface area contributed by atoms with Crippen LogP contribution in [0.5, 0.6) is 0 Å². The average molecular weight is 364 g/mol. The van der Waals surface area contributed by atoms with Crippen molar-refractivity contribution in [3.8, 4) is 0 Å². The molecule has 0 amide bonds. The maximum Gasteiger partial charge on any atom is 0.269 e. The van der Waals surface area contributed by atoms with E-state index >= 15 is 0 Å². The fraction of sp³-hybridized carbons (Fsp3) is 0.250. The second-order valence-corrected chi connectivity index (χ2v) is 8.58. The van der Waals surface area contributed by atoms with Crippen LogP contribution in [0, 0.1) is 17.0 Å². The average Bonchev–Trinajstić information content (AvgIpc) is 3.06. The first kappa shape index (κ1) is 16.9. The van der Waals surface area contributed by atoms with Gasteiger partial charge in [0.15, 0.2) is 0 Å². The highest BCUT2D eigenvalue weighted by Gasteiger charge is 2.37. The van der Waals surface area contributed by atoms with Crippen LogP contribution in [-0.2, 0) is 10.0 Å². The van der Waals surface area contributed by atoms with Gasteiger partial charge in [0.25, 0.3) is 5.69 Å². The van der Waals surface area contributed by atoms with Crippen LogP contribution >= 0.6 is 11.8 Å². The van der Waals surface area contributed by atoms with Gasteiger partial charge >= 0.3 is 0 Å².